The summed E-state index contributed by atoms with van der Waals surface area (Å²) in [5.74, 6) is -0.277. The molecule has 122 valence electrons. The third kappa shape index (κ3) is 2.40. The Labute approximate surface area is 139 Å². The second-order valence-electron chi connectivity index (χ2n) is 6.18. The van der Waals surface area contributed by atoms with Gasteiger partial charge in [0.05, 0.1) is 12.6 Å². The third-order valence-electron chi connectivity index (χ3n) is 4.69. The van der Waals surface area contributed by atoms with Crippen LogP contribution in [0.1, 0.15) is 16.8 Å². The molecule has 2 aromatic carbocycles. The number of fused-ring (bicyclic) bond motifs is 1. The Morgan fingerprint density at radius 1 is 1.08 bits per heavy atom. The zero-order chi connectivity index (χ0) is 16.7. The van der Waals surface area contributed by atoms with E-state index in [-0.39, 0.29) is 30.4 Å². The van der Waals surface area contributed by atoms with Crippen molar-refractivity contribution in [1.82, 2.24) is 15.1 Å². The van der Waals surface area contributed by atoms with Gasteiger partial charge in [-0.3, -0.25) is 14.5 Å². The zero-order valence-corrected chi connectivity index (χ0v) is 13.1. The van der Waals surface area contributed by atoms with E-state index in [0.29, 0.717) is 25.1 Å². The lowest BCUT2D eigenvalue weighted by Crippen LogP contribution is -2.42. The summed E-state index contributed by atoms with van der Waals surface area (Å²) in [6.45, 7) is 0.992. The van der Waals surface area contributed by atoms with Gasteiger partial charge in [-0.2, -0.15) is 0 Å². The van der Waals surface area contributed by atoms with E-state index in [1.807, 2.05) is 42.5 Å². The van der Waals surface area contributed by atoms with Crippen LogP contribution in [0.3, 0.4) is 0 Å². The standard InChI is InChI=1S/C18H17N3O3/c22-16-10-19-18(24)21(16)15-7-8-20(11-15)17(23)14-6-5-12-3-1-2-4-13(12)9-14/h1-6,9,15H,7-8,10-11H2,(H,19,24). The molecular weight excluding hydrogens is 306 g/mol. The Morgan fingerprint density at radius 3 is 2.62 bits per heavy atom. The molecule has 2 heterocycles. The van der Waals surface area contributed by atoms with E-state index in [9.17, 15) is 14.4 Å². The van der Waals surface area contributed by atoms with Gasteiger partial charge in [0.25, 0.3) is 5.91 Å². The number of carbonyl (C=O) groups excluding carboxylic acids is 3. The van der Waals surface area contributed by atoms with Crippen molar-refractivity contribution in [2.45, 2.75) is 12.5 Å². The summed E-state index contributed by atoms with van der Waals surface area (Å²) in [4.78, 5) is 39.3. The van der Waals surface area contributed by atoms with E-state index in [2.05, 4.69) is 5.32 Å². The first-order valence-corrected chi connectivity index (χ1v) is 8.01. The minimum Gasteiger partial charge on any atom is -0.336 e. The van der Waals surface area contributed by atoms with Gasteiger partial charge in [-0.15, -0.1) is 0 Å². The number of nitrogens with zero attached hydrogens (tertiary/aromatic N) is 2. The average Bonchev–Trinajstić information content (AvgIpc) is 3.20. The van der Waals surface area contributed by atoms with Crippen LogP contribution in [0.2, 0.25) is 0 Å². The fourth-order valence-electron chi connectivity index (χ4n) is 3.45. The molecule has 0 aliphatic carbocycles. The minimum absolute atomic E-state index is 0.0496. The lowest BCUT2D eigenvalue weighted by molar-refractivity contribution is -0.126. The molecule has 2 aliphatic rings. The Kier molecular flexibility index (Phi) is 3.45. The molecule has 0 saturated carbocycles. The van der Waals surface area contributed by atoms with Gasteiger partial charge < -0.3 is 10.2 Å². The number of likely N-dealkylation sites (tertiary alicyclic amines) is 1. The Hall–Kier alpha value is -2.89. The summed E-state index contributed by atoms with van der Waals surface area (Å²) >= 11 is 0. The number of hydrogen-bond acceptors (Lipinski definition) is 3. The van der Waals surface area contributed by atoms with Crippen LogP contribution in [-0.4, -0.2) is 53.3 Å². The molecule has 0 bridgehead atoms. The molecule has 6 heteroatoms. The highest BCUT2D eigenvalue weighted by Gasteiger charge is 2.39. The van der Waals surface area contributed by atoms with Gasteiger partial charge >= 0.3 is 6.03 Å². The van der Waals surface area contributed by atoms with Crippen molar-refractivity contribution in [1.29, 1.82) is 0 Å². The van der Waals surface area contributed by atoms with Crippen molar-refractivity contribution in [3.8, 4) is 0 Å². The molecular formula is C18H17N3O3. The lowest BCUT2D eigenvalue weighted by atomic mass is 10.1. The second kappa shape index (κ2) is 5.63. The molecule has 1 atom stereocenters. The zero-order valence-electron chi connectivity index (χ0n) is 13.1. The number of nitrogens with one attached hydrogen (secondary N) is 1. The second-order valence-corrected chi connectivity index (χ2v) is 6.18. The molecule has 2 saturated heterocycles. The summed E-state index contributed by atoms with van der Waals surface area (Å²) in [5, 5.41) is 4.64. The third-order valence-corrected chi connectivity index (χ3v) is 4.69. The highest BCUT2D eigenvalue weighted by molar-refractivity contribution is 6.03. The van der Waals surface area contributed by atoms with Crippen molar-refractivity contribution in [2.75, 3.05) is 19.6 Å². The fraction of sp³-hybridized carbons (Fsp3) is 0.278. The first-order valence-electron chi connectivity index (χ1n) is 8.01. The van der Waals surface area contributed by atoms with Crippen LogP contribution in [-0.2, 0) is 4.79 Å². The summed E-state index contributed by atoms with van der Waals surface area (Å²) in [5.41, 5.74) is 0.631. The van der Waals surface area contributed by atoms with Crippen LogP contribution < -0.4 is 5.32 Å². The Morgan fingerprint density at radius 2 is 1.88 bits per heavy atom. The SMILES string of the molecule is O=C(c1ccc2ccccc2c1)N1CCC(N2C(=O)CNC2=O)C1. The summed E-state index contributed by atoms with van der Waals surface area (Å²) < 4.78 is 0. The van der Waals surface area contributed by atoms with E-state index in [4.69, 9.17) is 0 Å². The Bertz CT molecular complexity index is 832. The predicted octanol–water partition coefficient (Wildman–Crippen LogP) is 1.61. The van der Waals surface area contributed by atoms with E-state index in [0.717, 1.165) is 10.8 Å². The van der Waals surface area contributed by atoms with Gasteiger partial charge in [-0.1, -0.05) is 30.3 Å². The molecule has 1 unspecified atom stereocenters. The number of amides is 4. The molecule has 2 aromatic rings. The largest absolute Gasteiger partial charge is 0.336 e. The molecule has 0 radical (unpaired) electrons. The average molecular weight is 323 g/mol. The van der Waals surface area contributed by atoms with E-state index in [1.54, 1.807) is 4.90 Å². The smallest absolute Gasteiger partial charge is 0.324 e. The number of rotatable bonds is 2. The van der Waals surface area contributed by atoms with Crippen LogP contribution in [0.25, 0.3) is 10.8 Å². The number of benzene rings is 2. The summed E-state index contributed by atoms with van der Waals surface area (Å²) in [6, 6.07) is 13.0. The van der Waals surface area contributed by atoms with Crippen LogP contribution in [0, 0.1) is 0 Å². The topological polar surface area (TPSA) is 69.7 Å². The van der Waals surface area contributed by atoms with Crippen LogP contribution in [0.4, 0.5) is 4.79 Å². The number of imide groups is 1. The Balaban J connectivity index is 1.52. The highest BCUT2D eigenvalue weighted by Crippen LogP contribution is 2.22. The minimum atomic E-state index is -0.356. The first-order chi connectivity index (χ1) is 11.6. The van der Waals surface area contributed by atoms with Gasteiger partial charge in [0.1, 0.15) is 0 Å². The monoisotopic (exact) mass is 323 g/mol. The fourth-order valence-corrected chi connectivity index (χ4v) is 3.45. The molecule has 2 fully saturated rings. The molecule has 2 aliphatic heterocycles. The predicted molar refractivity (Wildman–Crippen MR) is 88.5 cm³/mol. The van der Waals surface area contributed by atoms with Crippen LogP contribution >= 0.6 is 0 Å². The van der Waals surface area contributed by atoms with Crippen molar-refractivity contribution >= 4 is 28.6 Å². The number of hydrogen-bond donors (Lipinski definition) is 1. The number of carbonyl (C=O) groups is 3. The van der Waals surface area contributed by atoms with Crippen molar-refractivity contribution in [3.63, 3.8) is 0 Å². The normalized spacial score (nSPS) is 20.8. The quantitative estimate of drug-likeness (QED) is 0.854. The maximum absolute atomic E-state index is 12.7. The van der Waals surface area contributed by atoms with Crippen molar-refractivity contribution in [3.05, 3.63) is 48.0 Å². The highest BCUT2D eigenvalue weighted by atomic mass is 16.2. The van der Waals surface area contributed by atoms with Gasteiger partial charge in [-0.05, 0) is 29.3 Å². The summed E-state index contributed by atoms with van der Waals surface area (Å²) in [7, 11) is 0. The molecule has 4 amide bonds. The first kappa shape index (κ1) is 14.7. The van der Waals surface area contributed by atoms with Crippen LogP contribution in [0.5, 0.6) is 0 Å². The van der Waals surface area contributed by atoms with Gasteiger partial charge in [0.2, 0.25) is 5.91 Å². The molecule has 24 heavy (non-hydrogen) atoms. The molecule has 1 N–H and O–H groups in total. The summed E-state index contributed by atoms with van der Waals surface area (Å²) in [6.07, 6.45) is 0.623. The van der Waals surface area contributed by atoms with Gasteiger partial charge in [0.15, 0.2) is 0 Å². The van der Waals surface area contributed by atoms with Crippen molar-refractivity contribution in [2.24, 2.45) is 0 Å². The molecule has 6 nitrogen and oxygen atoms in total. The number of urea groups is 1. The van der Waals surface area contributed by atoms with Crippen molar-refractivity contribution < 1.29 is 14.4 Å². The molecule has 0 aromatic heterocycles. The van der Waals surface area contributed by atoms with E-state index >= 15 is 0 Å². The van der Waals surface area contributed by atoms with Crippen LogP contribution in [0.15, 0.2) is 42.5 Å². The van der Waals surface area contributed by atoms with E-state index < -0.39 is 0 Å². The van der Waals surface area contributed by atoms with E-state index in [1.165, 1.54) is 4.90 Å². The maximum Gasteiger partial charge on any atom is 0.324 e. The van der Waals surface area contributed by atoms with Gasteiger partial charge in [0, 0.05) is 18.7 Å². The maximum atomic E-state index is 12.7. The lowest BCUT2D eigenvalue weighted by Gasteiger charge is -2.21. The molecule has 0 spiro atoms. The molecule has 4 rings (SSSR count). The van der Waals surface area contributed by atoms with Gasteiger partial charge in [-0.25, -0.2) is 4.79 Å².